The van der Waals surface area contributed by atoms with E-state index in [0.717, 1.165) is 4.47 Å². The lowest BCUT2D eigenvalue weighted by Gasteiger charge is -2.18. The molecule has 2 unspecified atom stereocenters. The van der Waals surface area contributed by atoms with E-state index in [-0.39, 0.29) is 0 Å². The van der Waals surface area contributed by atoms with Crippen molar-refractivity contribution < 1.29 is 10.2 Å². The number of thiol groups is 1. The van der Waals surface area contributed by atoms with Crippen LogP contribution in [0.3, 0.4) is 0 Å². The summed E-state index contributed by atoms with van der Waals surface area (Å²) in [5, 5.41) is 20.0. The average molecular weight is 312 g/mol. The monoisotopic (exact) mass is 310 g/mol. The molecule has 0 aromatic heterocycles. The number of rotatable bonds is 4. The Bertz CT molecular complexity index is 335. The normalized spacial score (nSPS) is 15.0. The molecule has 0 amide bonds. The lowest BCUT2D eigenvalue weighted by molar-refractivity contribution is 0.0168. The van der Waals surface area contributed by atoms with Gasteiger partial charge in [-0.1, -0.05) is 27.5 Å². The molecule has 15 heavy (non-hydrogen) atoms. The van der Waals surface area contributed by atoms with Gasteiger partial charge in [0.1, 0.15) is 6.10 Å². The Hall–Kier alpha value is 0.260. The maximum absolute atomic E-state index is 9.85. The topological polar surface area (TPSA) is 40.5 Å². The van der Waals surface area contributed by atoms with Crippen LogP contribution in [-0.4, -0.2) is 22.1 Å². The summed E-state index contributed by atoms with van der Waals surface area (Å²) in [5.41, 5.74) is 0.594. The molecule has 84 valence electrons. The molecule has 1 rings (SSSR count). The SMILES string of the molecule is OC(CCS)C(O)c1cc(Cl)ccc1Br. The Morgan fingerprint density at radius 2 is 2.07 bits per heavy atom. The molecule has 0 bridgehead atoms. The van der Waals surface area contributed by atoms with Crippen LogP contribution in [0.5, 0.6) is 0 Å². The van der Waals surface area contributed by atoms with Gasteiger partial charge in [0.2, 0.25) is 0 Å². The van der Waals surface area contributed by atoms with E-state index in [1.165, 1.54) is 0 Å². The first-order chi connectivity index (χ1) is 7.06. The Balaban J connectivity index is 2.89. The van der Waals surface area contributed by atoms with Crippen LogP contribution in [0.4, 0.5) is 0 Å². The average Bonchev–Trinajstić information content (AvgIpc) is 2.21. The smallest absolute Gasteiger partial charge is 0.106 e. The standard InChI is InChI=1S/C10H12BrClO2S/c11-8-2-1-6(12)5-7(8)10(14)9(13)3-4-15/h1-2,5,9-10,13-15H,3-4H2. The highest BCUT2D eigenvalue weighted by atomic mass is 79.9. The van der Waals surface area contributed by atoms with Crippen molar-refractivity contribution in [2.24, 2.45) is 0 Å². The number of aliphatic hydroxyl groups is 2. The first-order valence-corrected chi connectivity index (χ1v) is 6.28. The van der Waals surface area contributed by atoms with Crippen molar-refractivity contribution in [1.29, 1.82) is 0 Å². The van der Waals surface area contributed by atoms with Crippen molar-refractivity contribution in [3.8, 4) is 0 Å². The van der Waals surface area contributed by atoms with Gasteiger partial charge in [-0.25, -0.2) is 0 Å². The summed E-state index contributed by atoms with van der Waals surface area (Å²) in [6, 6.07) is 5.10. The molecule has 0 heterocycles. The molecule has 2 nitrogen and oxygen atoms in total. The molecule has 0 aliphatic heterocycles. The molecule has 0 fully saturated rings. The molecule has 0 saturated carbocycles. The van der Waals surface area contributed by atoms with Crippen LogP contribution < -0.4 is 0 Å². The quantitative estimate of drug-likeness (QED) is 0.748. The highest BCUT2D eigenvalue weighted by Gasteiger charge is 2.20. The van der Waals surface area contributed by atoms with Crippen molar-refractivity contribution >= 4 is 40.2 Å². The van der Waals surface area contributed by atoms with Crippen LogP contribution in [0.25, 0.3) is 0 Å². The second-order valence-electron chi connectivity index (χ2n) is 3.19. The zero-order valence-corrected chi connectivity index (χ0v) is 11.1. The van der Waals surface area contributed by atoms with Crippen LogP contribution in [0, 0.1) is 0 Å². The summed E-state index contributed by atoms with van der Waals surface area (Å²) in [5.74, 6) is 0.524. The van der Waals surface area contributed by atoms with E-state index >= 15 is 0 Å². The number of benzene rings is 1. The fourth-order valence-corrected chi connectivity index (χ4v) is 2.16. The molecule has 1 aromatic rings. The van der Waals surface area contributed by atoms with Gasteiger partial charge in [-0.2, -0.15) is 12.6 Å². The van der Waals surface area contributed by atoms with Crippen molar-refractivity contribution in [3.63, 3.8) is 0 Å². The minimum Gasteiger partial charge on any atom is -0.390 e. The Labute approximate surface area is 108 Å². The van der Waals surface area contributed by atoms with Gasteiger partial charge in [0.05, 0.1) is 6.10 Å². The van der Waals surface area contributed by atoms with Crippen molar-refractivity contribution in [1.82, 2.24) is 0 Å². The maximum Gasteiger partial charge on any atom is 0.106 e. The third-order valence-corrected chi connectivity index (χ3v) is 3.28. The van der Waals surface area contributed by atoms with Gasteiger partial charge in [0.15, 0.2) is 0 Å². The van der Waals surface area contributed by atoms with E-state index in [9.17, 15) is 10.2 Å². The second kappa shape index (κ2) is 6.11. The largest absolute Gasteiger partial charge is 0.390 e. The van der Waals surface area contributed by atoms with Gasteiger partial charge in [-0.15, -0.1) is 0 Å². The third kappa shape index (κ3) is 3.64. The van der Waals surface area contributed by atoms with E-state index in [4.69, 9.17) is 11.6 Å². The van der Waals surface area contributed by atoms with Crippen LogP contribution in [0.15, 0.2) is 22.7 Å². The number of hydrogen-bond donors (Lipinski definition) is 3. The van der Waals surface area contributed by atoms with Crippen molar-refractivity contribution in [2.45, 2.75) is 18.6 Å². The molecule has 0 aliphatic carbocycles. The van der Waals surface area contributed by atoms with E-state index in [1.807, 2.05) is 0 Å². The molecule has 0 spiro atoms. The summed E-state index contributed by atoms with van der Waals surface area (Å²) < 4.78 is 0.734. The van der Waals surface area contributed by atoms with Crippen molar-refractivity contribution in [3.05, 3.63) is 33.3 Å². The second-order valence-corrected chi connectivity index (χ2v) is 4.93. The van der Waals surface area contributed by atoms with Crippen molar-refractivity contribution in [2.75, 3.05) is 5.75 Å². The molecular weight excluding hydrogens is 300 g/mol. The lowest BCUT2D eigenvalue weighted by atomic mass is 10.0. The van der Waals surface area contributed by atoms with Gasteiger partial charge >= 0.3 is 0 Å². The number of aliphatic hydroxyl groups excluding tert-OH is 2. The third-order valence-electron chi connectivity index (χ3n) is 2.07. The van der Waals surface area contributed by atoms with Crippen LogP contribution in [-0.2, 0) is 0 Å². The van der Waals surface area contributed by atoms with E-state index in [0.29, 0.717) is 22.8 Å². The highest BCUT2D eigenvalue weighted by molar-refractivity contribution is 9.10. The van der Waals surface area contributed by atoms with Gasteiger partial charge < -0.3 is 10.2 Å². The maximum atomic E-state index is 9.85. The molecule has 2 N–H and O–H groups in total. The predicted octanol–water partition coefficient (Wildman–Crippen LogP) is 2.82. The first-order valence-electron chi connectivity index (χ1n) is 4.48. The fourth-order valence-electron chi connectivity index (χ4n) is 1.24. The Kier molecular flexibility index (Phi) is 5.43. The Morgan fingerprint density at radius 1 is 1.40 bits per heavy atom. The summed E-state index contributed by atoms with van der Waals surface area (Å²) in [6.45, 7) is 0. The zero-order valence-electron chi connectivity index (χ0n) is 7.90. The summed E-state index contributed by atoms with van der Waals surface area (Å²) in [4.78, 5) is 0. The predicted molar refractivity (Wildman–Crippen MR) is 68.6 cm³/mol. The zero-order chi connectivity index (χ0) is 11.4. The Morgan fingerprint density at radius 3 is 2.67 bits per heavy atom. The molecule has 0 radical (unpaired) electrons. The fraction of sp³-hybridized carbons (Fsp3) is 0.400. The van der Waals surface area contributed by atoms with E-state index in [2.05, 4.69) is 28.6 Å². The molecular formula is C10H12BrClO2S. The first kappa shape index (κ1) is 13.3. The number of halogens is 2. The summed E-state index contributed by atoms with van der Waals surface area (Å²) in [7, 11) is 0. The molecule has 0 aliphatic rings. The summed E-state index contributed by atoms with van der Waals surface area (Å²) >= 11 is 13.1. The van der Waals surface area contributed by atoms with E-state index < -0.39 is 12.2 Å². The van der Waals surface area contributed by atoms with Gasteiger partial charge in [0.25, 0.3) is 0 Å². The molecule has 2 atom stereocenters. The lowest BCUT2D eigenvalue weighted by Crippen LogP contribution is -2.19. The van der Waals surface area contributed by atoms with Gasteiger partial charge in [-0.05, 0) is 35.9 Å². The van der Waals surface area contributed by atoms with E-state index in [1.54, 1.807) is 18.2 Å². The molecule has 1 aromatic carbocycles. The minimum atomic E-state index is -0.940. The minimum absolute atomic E-state index is 0.434. The van der Waals surface area contributed by atoms with Crippen LogP contribution >= 0.6 is 40.2 Å². The molecule has 0 saturated heterocycles. The van der Waals surface area contributed by atoms with Gasteiger partial charge in [-0.3, -0.25) is 0 Å². The van der Waals surface area contributed by atoms with Gasteiger partial charge in [0, 0.05) is 9.50 Å². The van der Waals surface area contributed by atoms with Crippen LogP contribution in [0.2, 0.25) is 5.02 Å². The summed E-state index contributed by atoms with van der Waals surface area (Å²) in [6.07, 6.45) is -1.33. The number of hydrogen-bond acceptors (Lipinski definition) is 3. The van der Waals surface area contributed by atoms with Crippen LogP contribution in [0.1, 0.15) is 18.1 Å². The molecule has 5 heteroatoms. The highest BCUT2D eigenvalue weighted by Crippen LogP contribution is 2.29.